The lowest BCUT2D eigenvalue weighted by Crippen LogP contribution is -2.53. The molecule has 2 atom stereocenters. The predicted octanol–water partition coefficient (Wildman–Crippen LogP) is 2.45. The van der Waals surface area contributed by atoms with Crippen molar-refractivity contribution in [3.8, 4) is 0 Å². The highest BCUT2D eigenvalue weighted by atomic mass is 35.5. The molecule has 0 aromatic heterocycles. The molecule has 2 aliphatic rings. The Hall–Kier alpha value is -0.280. The van der Waals surface area contributed by atoms with E-state index < -0.39 is 0 Å². The monoisotopic (exact) mass is 288 g/mol. The van der Waals surface area contributed by atoms with Gasteiger partial charge in [-0.2, -0.15) is 0 Å². The van der Waals surface area contributed by atoms with E-state index in [2.05, 4.69) is 48.6 Å². The van der Waals surface area contributed by atoms with E-state index in [9.17, 15) is 0 Å². The molecule has 1 aliphatic carbocycles. The SMILES string of the molecule is CNC12CCN(C)CC1Cc1ccccc12.Cl.Cl. The Morgan fingerprint density at radius 2 is 2.00 bits per heavy atom. The molecular formula is C14H22Cl2N2. The Kier molecular flexibility index (Phi) is 5.07. The number of benzene rings is 1. The van der Waals surface area contributed by atoms with Crippen molar-refractivity contribution in [3.05, 3.63) is 35.4 Å². The van der Waals surface area contributed by atoms with Crippen LogP contribution in [0.5, 0.6) is 0 Å². The van der Waals surface area contributed by atoms with Crippen LogP contribution in [0.1, 0.15) is 17.5 Å². The third-order valence-corrected chi connectivity index (χ3v) is 4.53. The summed E-state index contributed by atoms with van der Waals surface area (Å²) in [5.74, 6) is 0.744. The quantitative estimate of drug-likeness (QED) is 0.854. The highest BCUT2D eigenvalue weighted by Crippen LogP contribution is 2.45. The van der Waals surface area contributed by atoms with Gasteiger partial charge in [0.2, 0.25) is 0 Å². The second-order valence-corrected chi connectivity index (χ2v) is 5.29. The highest BCUT2D eigenvalue weighted by Gasteiger charge is 2.47. The molecule has 2 nitrogen and oxygen atoms in total. The number of likely N-dealkylation sites (tertiary alicyclic amines) is 1. The summed E-state index contributed by atoms with van der Waals surface area (Å²) in [6.45, 7) is 2.42. The van der Waals surface area contributed by atoms with E-state index in [1.165, 1.54) is 25.9 Å². The van der Waals surface area contributed by atoms with E-state index in [0.29, 0.717) is 0 Å². The normalized spacial score (nSPS) is 29.8. The van der Waals surface area contributed by atoms with Gasteiger partial charge in [0.1, 0.15) is 0 Å². The molecule has 3 rings (SSSR count). The lowest BCUT2D eigenvalue weighted by Gasteiger charge is -2.43. The molecule has 102 valence electrons. The van der Waals surface area contributed by atoms with Gasteiger partial charge < -0.3 is 10.2 Å². The largest absolute Gasteiger partial charge is 0.310 e. The third-order valence-electron chi connectivity index (χ3n) is 4.53. The molecule has 1 aliphatic heterocycles. The molecule has 1 N–H and O–H groups in total. The molecule has 1 saturated heterocycles. The molecule has 0 amide bonds. The molecule has 0 saturated carbocycles. The van der Waals surface area contributed by atoms with E-state index in [-0.39, 0.29) is 30.4 Å². The number of fused-ring (bicyclic) bond motifs is 3. The molecule has 1 aromatic rings. The number of piperidine rings is 1. The molecule has 2 unspecified atom stereocenters. The maximum absolute atomic E-state index is 3.63. The van der Waals surface area contributed by atoms with Gasteiger partial charge >= 0.3 is 0 Å². The average Bonchev–Trinajstić information content (AvgIpc) is 2.63. The molecule has 1 aromatic carbocycles. The van der Waals surface area contributed by atoms with Crippen LogP contribution in [0.25, 0.3) is 0 Å². The van der Waals surface area contributed by atoms with Crippen molar-refractivity contribution in [1.29, 1.82) is 0 Å². The molecule has 0 spiro atoms. The van der Waals surface area contributed by atoms with Gasteiger partial charge in [-0.1, -0.05) is 24.3 Å². The van der Waals surface area contributed by atoms with E-state index in [4.69, 9.17) is 0 Å². The number of hydrogen-bond acceptors (Lipinski definition) is 2. The first-order chi connectivity index (χ1) is 7.76. The van der Waals surface area contributed by atoms with Crippen LogP contribution in [0.3, 0.4) is 0 Å². The summed E-state index contributed by atoms with van der Waals surface area (Å²) in [7, 11) is 4.36. The molecule has 1 fully saturated rings. The summed E-state index contributed by atoms with van der Waals surface area (Å²) >= 11 is 0. The predicted molar refractivity (Wildman–Crippen MR) is 81.0 cm³/mol. The molecule has 4 heteroatoms. The Balaban J connectivity index is 0.000000810. The highest BCUT2D eigenvalue weighted by molar-refractivity contribution is 5.85. The number of hydrogen-bond donors (Lipinski definition) is 1. The second-order valence-electron chi connectivity index (χ2n) is 5.29. The minimum Gasteiger partial charge on any atom is -0.310 e. The van der Waals surface area contributed by atoms with Gasteiger partial charge in [-0.25, -0.2) is 0 Å². The van der Waals surface area contributed by atoms with Crippen molar-refractivity contribution in [3.63, 3.8) is 0 Å². The zero-order valence-corrected chi connectivity index (χ0v) is 12.6. The fraction of sp³-hybridized carbons (Fsp3) is 0.571. The number of halogens is 2. The van der Waals surface area contributed by atoms with Crippen LogP contribution in [0.15, 0.2) is 24.3 Å². The number of nitrogens with one attached hydrogen (secondary N) is 1. The lowest BCUT2D eigenvalue weighted by molar-refractivity contribution is 0.103. The molecule has 0 bridgehead atoms. The van der Waals surface area contributed by atoms with Crippen molar-refractivity contribution in [2.24, 2.45) is 5.92 Å². The summed E-state index contributed by atoms with van der Waals surface area (Å²) in [6, 6.07) is 8.96. The summed E-state index contributed by atoms with van der Waals surface area (Å²) in [6.07, 6.45) is 2.48. The Morgan fingerprint density at radius 3 is 2.72 bits per heavy atom. The first-order valence-corrected chi connectivity index (χ1v) is 6.22. The summed E-state index contributed by atoms with van der Waals surface area (Å²) in [4.78, 5) is 2.46. The smallest absolute Gasteiger partial charge is 0.0491 e. The van der Waals surface area contributed by atoms with E-state index in [0.717, 1.165) is 5.92 Å². The van der Waals surface area contributed by atoms with E-state index >= 15 is 0 Å². The van der Waals surface area contributed by atoms with Gasteiger partial charge in [-0.3, -0.25) is 0 Å². The maximum Gasteiger partial charge on any atom is 0.0491 e. The van der Waals surface area contributed by atoms with Crippen LogP contribution >= 0.6 is 24.8 Å². The van der Waals surface area contributed by atoms with Crippen molar-refractivity contribution < 1.29 is 0 Å². The van der Waals surface area contributed by atoms with Crippen LogP contribution < -0.4 is 5.32 Å². The topological polar surface area (TPSA) is 15.3 Å². The standard InChI is InChI=1S/C14H20N2.2ClH/c1-15-14-7-8-16(2)10-12(14)9-11-5-3-4-6-13(11)14;;/h3-6,12,15H,7-10H2,1-2H3;2*1H. The minimum absolute atomic E-state index is 0. The van der Waals surface area contributed by atoms with Crippen LogP contribution in [0.2, 0.25) is 0 Å². The number of rotatable bonds is 1. The molecule has 1 heterocycles. The van der Waals surface area contributed by atoms with Crippen molar-refractivity contribution >= 4 is 24.8 Å². The van der Waals surface area contributed by atoms with Gasteiger partial charge in [-0.05, 0) is 50.5 Å². The van der Waals surface area contributed by atoms with E-state index in [1.54, 1.807) is 11.1 Å². The van der Waals surface area contributed by atoms with Gasteiger partial charge in [0.15, 0.2) is 0 Å². The zero-order valence-electron chi connectivity index (χ0n) is 11.0. The van der Waals surface area contributed by atoms with Crippen LogP contribution in [0.4, 0.5) is 0 Å². The van der Waals surface area contributed by atoms with Gasteiger partial charge in [0.25, 0.3) is 0 Å². The summed E-state index contributed by atoms with van der Waals surface area (Å²) in [5, 5.41) is 3.63. The Morgan fingerprint density at radius 1 is 1.28 bits per heavy atom. The van der Waals surface area contributed by atoms with Gasteiger partial charge in [0.05, 0.1) is 0 Å². The molecule has 18 heavy (non-hydrogen) atoms. The van der Waals surface area contributed by atoms with Crippen LogP contribution in [-0.2, 0) is 12.0 Å². The third kappa shape index (κ3) is 2.16. The van der Waals surface area contributed by atoms with Gasteiger partial charge in [0, 0.05) is 12.1 Å². The molecular weight excluding hydrogens is 267 g/mol. The van der Waals surface area contributed by atoms with Crippen LogP contribution in [0, 0.1) is 5.92 Å². The lowest BCUT2D eigenvalue weighted by atomic mass is 9.78. The van der Waals surface area contributed by atoms with Crippen molar-refractivity contribution in [2.45, 2.75) is 18.4 Å². The first-order valence-electron chi connectivity index (χ1n) is 6.22. The summed E-state index contributed by atoms with van der Waals surface area (Å²) < 4.78 is 0. The second kappa shape index (κ2) is 5.79. The zero-order chi connectivity index (χ0) is 11.2. The first kappa shape index (κ1) is 15.8. The molecule has 0 radical (unpaired) electrons. The average molecular weight is 289 g/mol. The number of nitrogens with zero attached hydrogens (tertiary/aromatic N) is 1. The maximum atomic E-state index is 3.63. The minimum atomic E-state index is 0. The van der Waals surface area contributed by atoms with Gasteiger partial charge in [-0.15, -0.1) is 24.8 Å². The fourth-order valence-corrected chi connectivity index (χ4v) is 3.65. The van der Waals surface area contributed by atoms with Crippen molar-refractivity contribution in [2.75, 3.05) is 27.2 Å². The van der Waals surface area contributed by atoms with E-state index in [1.807, 2.05) is 0 Å². The Labute approximate surface area is 122 Å². The Bertz CT molecular complexity index is 411. The summed E-state index contributed by atoms with van der Waals surface area (Å²) in [5.41, 5.74) is 3.36. The van der Waals surface area contributed by atoms with Crippen LogP contribution in [-0.4, -0.2) is 32.1 Å². The fourth-order valence-electron chi connectivity index (χ4n) is 3.65. The van der Waals surface area contributed by atoms with Crippen molar-refractivity contribution in [1.82, 2.24) is 10.2 Å².